The second-order valence-corrected chi connectivity index (χ2v) is 7.73. The first kappa shape index (κ1) is 17.1. The van der Waals surface area contributed by atoms with Crippen molar-refractivity contribution in [1.29, 1.82) is 0 Å². The number of nitrogens with zero attached hydrogens (tertiary/aromatic N) is 1. The van der Waals surface area contributed by atoms with Gasteiger partial charge in [-0.15, -0.1) is 0 Å². The predicted octanol–water partition coefficient (Wildman–Crippen LogP) is 1.42. The van der Waals surface area contributed by atoms with Crippen LogP contribution in [-0.2, 0) is 26.2 Å². The molecule has 1 heterocycles. The summed E-state index contributed by atoms with van der Waals surface area (Å²) in [4.78, 5) is 25.2. The molecule has 1 aliphatic rings. The van der Waals surface area contributed by atoms with E-state index in [1.807, 2.05) is 4.72 Å². The van der Waals surface area contributed by atoms with Gasteiger partial charge in [-0.05, 0) is 17.7 Å². The lowest BCUT2D eigenvalue weighted by atomic mass is 10.1. The van der Waals surface area contributed by atoms with Crippen LogP contribution in [0.2, 0.25) is 10.0 Å². The number of hydrogen-bond acceptors (Lipinski definition) is 4. The van der Waals surface area contributed by atoms with Crippen LogP contribution in [0.4, 0.5) is 0 Å². The zero-order chi connectivity index (χ0) is 16.5. The average molecular weight is 365 g/mol. The van der Waals surface area contributed by atoms with E-state index in [1.54, 1.807) is 18.2 Å². The highest BCUT2D eigenvalue weighted by molar-refractivity contribution is 7.89. The Hall–Kier alpha value is -1.31. The number of amides is 2. The van der Waals surface area contributed by atoms with Crippen LogP contribution in [0.3, 0.4) is 0 Å². The summed E-state index contributed by atoms with van der Waals surface area (Å²) in [5, 5.41) is 0.806. The SMILES string of the molecule is CS(=O)(=O)NC(=O)C1CC(=O)N(Cc2ccc(Cl)c(Cl)c2)C1. The molecular weight excluding hydrogens is 351 g/mol. The maximum Gasteiger partial charge on any atom is 0.238 e. The molecule has 1 saturated heterocycles. The molecule has 1 atom stereocenters. The van der Waals surface area contributed by atoms with Gasteiger partial charge in [-0.3, -0.25) is 14.3 Å². The Morgan fingerprint density at radius 3 is 2.64 bits per heavy atom. The Labute approximate surface area is 138 Å². The van der Waals surface area contributed by atoms with Gasteiger partial charge in [0, 0.05) is 19.5 Å². The van der Waals surface area contributed by atoms with E-state index in [0.29, 0.717) is 16.6 Å². The second-order valence-electron chi connectivity index (χ2n) is 5.16. The van der Waals surface area contributed by atoms with E-state index in [-0.39, 0.29) is 18.9 Å². The monoisotopic (exact) mass is 364 g/mol. The van der Waals surface area contributed by atoms with Gasteiger partial charge in [-0.2, -0.15) is 0 Å². The van der Waals surface area contributed by atoms with Gasteiger partial charge < -0.3 is 4.90 Å². The van der Waals surface area contributed by atoms with Crippen molar-refractivity contribution in [3.05, 3.63) is 33.8 Å². The van der Waals surface area contributed by atoms with Gasteiger partial charge in [0.15, 0.2) is 0 Å². The Morgan fingerprint density at radius 2 is 2.05 bits per heavy atom. The molecule has 0 aromatic heterocycles. The minimum absolute atomic E-state index is 0.0112. The van der Waals surface area contributed by atoms with E-state index in [2.05, 4.69) is 0 Å². The Kier molecular flexibility index (Phi) is 4.99. The molecular formula is C13H14Cl2N2O4S. The van der Waals surface area contributed by atoms with Crippen molar-refractivity contribution in [3.63, 3.8) is 0 Å². The van der Waals surface area contributed by atoms with Gasteiger partial charge in [0.2, 0.25) is 21.8 Å². The lowest BCUT2D eigenvalue weighted by Gasteiger charge is -2.17. The molecule has 1 aromatic carbocycles. The van der Waals surface area contributed by atoms with Gasteiger partial charge in [-0.25, -0.2) is 8.42 Å². The van der Waals surface area contributed by atoms with Crippen LogP contribution < -0.4 is 4.72 Å². The third-order valence-electron chi connectivity index (χ3n) is 3.23. The quantitative estimate of drug-likeness (QED) is 0.875. The number of sulfonamides is 1. The molecule has 1 fully saturated rings. The summed E-state index contributed by atoms with van der Waals surface area (Å²) < 4.78 is 24.0. The smallest absolute Gasteiger partial charge is 0.238 e. The first-order chi connectivity index (χ1) is 10.2. The third-order valence-corrected chi connectivity index (χ3v) is 4.54. The van der Waals surface area contributed by atoms with Crippen LogP contribution in [0, 0.1) is 5.92 Å². The van der Waals surface area contributed by atoms with Crippen LogP contribution in [-0.4, -0.2) is 37.9 Å². The first-order valence-electron chi connectivity index (χ1n) is 6.39. The highest BCUT2D eigenvalue weighted by Gasteiger charge is 2.35. The van der Waals surface area contributed by atoms with Gasteiger partial charge in [0.05, 0.1) is 22.2 Å². The molecule has 9 heteroatoms. The molecule has 1 unspecified atom stereocenters. The fourth-order valence-corrected chi connectivity index (χ4v) is 3.08. The number of likely N-dealkylation sites (tertiary alicyclic amines) is 1. The number of benzene rings is 1. The number of rotatable bonds is 4. The number of halogens is 2. The summed E-state index contributed by atoms with van der Waals surface area (Å²) in [6.45, 7) is 0.457. The number of hydrogen-bond donors (Lipinski definition) is 1. The van der Waals surface area contributed by atoms with Crippen LogP contribution >= 0.6 is 23.2 Å². The predicted molar refractivity (Wildman–Crippen MR) is 83.0 cm³/mol. The molecule has 1 N–H and O–H groups in total. The van der Waals surface area contributed by atoms with Gasteiger partial charge in [0.25, 0.3) is 0 Å². The highest BCUT2D eigenvalue weighted by Crippen LogP contribution is 2.25. The largest absolute Gasteiger partial charge is 0.338 e. The second kappa shape index (κ2) is 6.44. The Bertz CT molecular complexity index is 721. The van der Waals surface area contributed by atoms with E-state index in [1.165, 1.54) is 4.90 Å². The zero-order valence-electron chi connectivity index (χ0n) is 11.7. The molecule has 6 nitrogen and oxygen atoms in total. The molecule has 1 aromatic rings. The van der Waals surface area contributed by atoms with Crippen LogP contribution in [0.1, 0.15) is 12.0 Å². The number of carbonyl (C=O) groups excluding carboxylic acids is 2. The molecule has 1 aliphatic heterocycles. The lowest BCUT2D eigenvalue weighted by molar-refractivity contribution is -0.129. The normalized spacial score (nSPS) is 18.6. The lowest BCUT2D eigenvalue weighted by Crippen LogP contribution is -2.36. The van der Waals surface area contributed by atoms with E-state index in [0.717, 1.165) is 11.8 Å². The van der Waals surface area contributed by atoms with E-state index >= 15 is 0 Å². The average Bonchev–Trinajstić information content (AvgIpc) is 2.74. The Morgan fingerprint density at radius 1 is 1.36 bits per heavy atom. The van der Waals surface area contributed by atoms with Crippen molar-refractivity contribution in [2.45, 2.75) is 13.0 Å². The van der Waals surface area contributed by atoms with E-state index < -0.39 is 21.8 Å². The van der Waals surface area contributed by atoms with Gasteiger partial charge in [-0.1, -0.05) is 29.3 Å². The van der Waals surface area contributed by atoms with Crippen molar-refractivity contribution in [2.24, 2.45) is 5.92 Å². The van der Waals surface area contributed by atoms with Crippen molar-refractivity contribution >= 4 is 45.0 Å². The fourth-order valence-electron chi connectivity index (χ4n) is 2.23. The summed E-state index contributed by atoms with van der Waals surface area (Å²) in [6.07, 6.45) is 0.887. The number of carbonyl (C=O) groups is 2. The van der Waals surface area contributed by atoms with Crippen LogP contribution in [0.25, 0.3) is 0 Å². The maximum absolute atomic E-state index is 11.9. The topological polar surface area (TPSA) is 83.5 Å². The summed E-state index contributed by atoms with van der Waals surface area (Å²) in [5.41, 5.74) is 0.784. The molecule has 22 heavy (non-hydrogen) atoms. The highest BCUT2D eigenvalue weighted by atomic mass is 35.5. The molecule has 0 aliphatic carbocycles. The molecule has 2 rings (SSSR count). The van der Waals surface area contributed by atoms with Crippen molar-refractivity contribution in [3.8, 4) is 0 Å². The summed E-state index contributed by atoms with van der Waals surface area (Å²) in [7, 11) is -3.63. The molecule has 0 radical (unpaired) electrons. The van der Waals surface area contributed by atoms with Crippen molar-refractivity contribution < 1.29 is 18.0 Å². The zero-order valence-corrected chi connectivity index (χ0v) is 14.0. The van der Waals surface area contributed by atoms with E-state index in [9.17, 15) is 18.0 Å². The molecule has 2 amide bonds. The Balaban J connectivity index is 2.03. The molecule has 0 saturated carbocycles. The van der Waals surface area contributed by atoms with Crippen LogP contribution in [0.15, 0.2) is 18.2 Å². The summed E-state index contributed by atoms with van der Waals surface area (Å²) in [5.74, 6) is -1.54. The van der Waals surface area contributed by atoms with Crippen molar-refractivity contribution in [2.75, 3.05) is 12.8 Å². The minimum atomic E-state index is -3.63. The maximum atomic E-state index is 11.9. The minimum Gasteiger partial charge on any atom is -0.338 e. The van der Waals surface area contributed by atoms with E-state index in [4.69, 9.17) is 23.2 Å². The number of nitrogens with one attached hydrogen (secondary N) is 1. The first-order valence-corrected chi connectivity index (χ1v) is 9.04. The fraction of sp³-hybridized carbons (Fsp3) is 0.385. The van der Waals surface area contributed by atoms with Gasteiger partial charge in [0.1, 0.15) is 0 Å². The molecule has 0 bridgehead atoms. The van der Waals surface area contributed by atoms with Gasteiger partial charge >= 0.3 is 0 Å². The molecule has 0 spiro atoms. The molecule has 120 valence electrons. The van der Waals surface area contributed by atoms with Crippen molar-refractivity contribution in [1.82, 2.24) is 9.62 Å². The summed E-state index contributed by atoms with van der Waals surface area (Å²) in [6, 6.07) is 5.03. The summed E-state index contributed by atoms with van der Waals surface area (Å²) >= 11 is 11.8. The standard InChI is InChI=1S/C13H14Cl2N2O4S/c1-22(20,21)16-13(19)9-5-12(18)17(7-9)6-8-2-3-10(14)11(15)4-8/h2-4,9H,5-7H2,1H3,(H,16,19). The van der Waals surface area contributed by atoms with Crippen LogP contribution in [0.5, 0.6) is 0 Å². The third kappa shape index (κ3) is 4.34.